The molecule has 21 heavy (non-hydrogen) atoms. The molecule has 3 rings (SSSR count). The lowest BCUT2D eigenvalue weighted by molar-refractivity contribution is 0.310. The van der Waals surface area contributed by atoms with Crippen molar-refractivity contribution >= 4 is 22.4 Å². The Kier molecular flexibility index (Phi) is 3.72. The van der Waals surface area contributed by atoms with E-state index in [-0.39, 0.29) is 0 Å². The highest BCUT2D eigenvalue weighted by atomic mass is 35.5. The van der Waals surface area contributed by atoms with Crippen molar-refractivity contribution in [1.29, 1.82) is 5.26 Å². The van der Waals surface area contributed by atoms with Crippen LogP contribution in [-0.4, -0.2) is 4.98 Å². The summed E-state index contributed by atoms with van der Waals surface area (Å²) in [7, 11) is 0. The topological polar surface area (TPSA) is 45.9 Å². The molecule has 0 aliphatic heterocycles. The van der Waals surface area contributed by atoms with Crippen LogP contribution < -0.4 is 4.74 Å². The average molecular weight is 295 g/mol. The molecule has 0 unspecified atom stereocenters. The summed E-state index contributed by atoms with van der Waals surface area (Å²) in [4.78, 5) is 3.94. The van der Waals surface area contributed by atoms with E-state index in [1.54, 1.807) is 12.3 Å². The van der Waals surface area contributed by atoms with Crippen LogP contribution in [0.15, 0.2) is 54.7 Å². The van der Waals surface area contributed by atoms with Gasteiger partial charge in [0.1, 0.15) is 24.1 Å². The Bertz CT molecular complexity index is 840. The second kappa shape index (κ2) is 5.82. The zero-order valence-corrected chi connectivity index (χ0v) is 11.8. The molecule has 0 amide bonds. The van der Waals surface area contributed by atoms with E-state index in [9.17, 15) is 0 Å². The van der Waals surface area contributed by atoms with Crippen LogP contribution >= 0.6 is 11.6 Å². The predicted molar refractivity (Wildman–Crippen MR) is 82.2 cm³/mol. The van der Waals surface area contributed by atoms with E-state index in [4.69, 9.17) is 21.6 Å². The van der Waals surface area contributed by atoms with Gasteiger partial charge < -0.3 is 4.74 Å². The van der Waals surface area contributed by atoms with Crippen molar-refractivity contribution in [2.75, 3.05) is 0 Å². The number of hydrogen-bond acceptors (Lipinski definition) is 3. The molecular formula is C17H11ClN2O. The van der Waals surface area contributed by atoms with E-state index >= 15 is 0 Å². The number of benzene rings is 2. The van der Waals surface area contributed by atoms with Crippen LogP contribution in [0.1, 0.15) is 11.3 Å². The fourth-order valence-corrected chi connectivity index (χ4v) is 2.37. The number of fused-ring (bicyclic) bond motifs is 1. The SMILES string of the molecule is N#Cc1cc(COc2ccc(Cl)c3ccccc23)ccn1. The van der Waals surface area contributed by atoms with Gasteiger partial charge in [-0.3, -0.25) is 0 Å². The first kappa shape index (κ1) is 13.4. The number of aromatic nitrogens is 1. The molecule has 0 aliphatic carbocycles. The van der Waals surface area contributed by atoms with Crippen molar-refractivity contribution in [3.05, 3.63) is 71.0 Å². The Labute approximate surface area is 127 Å². The molecule has 0 spiro atoms. The second-order valence-corrected chi connectivity index (χ2v) is 4.95. The summed E-state index contributed by atoms with van der Waals surface area (Å²) in [6, 6.07) is 17.1. The van der Waals surface area contributed by atoms with E-state index in [1.807, 2.05) is 48.5 Å². The number of ether oxygens (including phenoxy) is 1. The van der Waals surface area contributed by atoms with Gasteiger partial charge in [-0.2, -0.15) is 5.26 Å². The third-order valence-electron chi connectivity index (χ3n) is 3.16. The Hall–Kier alpha value is -2.57. The largest absolute Gasteiger partial charge is 0.488 e. The summed E-state index contributed by atoms with van der Waals surface area (Å²) < 4.78 is 5.86. The average Bonchev–Trinajstić information content (AvgIpc) is 2.55. The van der Waals surface area contributed by atoms with Crippen LogP contribution in [0.4, 0.5) is 0 Å². The molecule has 4 heteroatoms. The highest BCUT2D eigenvalue weighted by Gasteiger charge is 2.06. The standard InChI is InChI=1S/C17H11ClN2O/c18-16-5-6-17(15-4-2-1-3-14(15)16)21-11-12-7-8-20-13(9-12)10-19/h1-9H,11H2. The molecule has 0 N–H and O–H groups in total. The Morgan fingerprint density at radius 3 is 2.71 bits per heavy atom. The molecule has 0 saturated carbocycles. The quantitative estimate of drug-likeness (QED) is 0.722. The normalized spacial score (nSPS) is 10.3. The van der Waals surface area contributed by atoms with Gasteiger partial charge in [0.15, 0.2) is 0 Å². The maximum atomic E-state index is 8.85. The smallest absolute Gasteiger partial charge is 0.140 e. The van der Waals surface area contributed by atoms with Crippen LogP contribution in [0, 0.1) is 11.3 Å². The molecular weight excluding hydrogens is 284 g/mol. The minimum Gasteiger partial charge on any atom is -0.488 e. The minimum absolute atomic E-state index is 0.378. The molecule has 0 saturated heterocycles. The summed E-state index contributed by atoms with van der Waals surface area (Å²) in [6.07, 6.45) is 1.61. The van der Waals surface area contributed by atoms with Crippen LogP contribution in [0.5, 0.6) is 5.75 Å². The monoisotopic (exact) mass is 294 g/mol. The zero-order chi connectivity index (χ0) is 14.7. The summed E-state index contributed by atoms with van der Waals surface area (Å²) in [6.45, 7) is 0.378. The second-order valence-electron chi connectivity index (χ2n) is 4.54. The fraction of sp³-hybridized carbons (Fsp3) is 0.0588. The Balaban J connectivity index is 1.89. The van der Waals surface area contributed by atoms with Crippen LogP contribution in [-0.2, 0) is 6.61 Å². The predicted octanol–water partition coefficient (Wildman–Crippen LogP) is 4.34. The first-order chi connectivity index (χ1) is 10.3. The maximum Gasteiger partial charge on any atom is 0.140 e. The number of rotatable bonds is 3. The van der Waals surface area contributed by atoms with E-state index < -0.39 is 0 Å². The van der Waals surface area contributed by atoms with Gasteiger partial charge in [0.2, 0.25) is 0 Å². The number of pyridine rings is 1. The fourth-order valence-electron chi connectivity index (χ4n) is 2.15. The minimum atomic E-state index is 0.378. The Morgan fingerprint density at radius 1 is 1.10 bits per heavy atom. The number of hydrogen-bond donors (Lipinski definition) is 0. The van der Waals surface area contributed by atoms with Crippen molar-refractivity contribution in [3.63, 3.8) is 0 Å². The van der Waals surface area contributed by atoms with Gasteiger partial charge in [-0.25, -0.2) is 4.98 Å². The summed E-state index contributed by atoms with van der Waals surface area (Å²) in [5.74, 6) is 0.769. The van der Waals surface area contributed by atoms with Crippen LogP contribution in [0.2, 0.25) is 5.02 Å². The van der Waals surface area contributed by atoms with Gasteiger partial charge in [-0.05, 0) is 29.8 Å². The molecule has 1 aromatic heterocycles. The van der Waals surface area contributed by atoms with Crippen LogP contribution in [0.25, 0.3) is 10.8 Å². The van der Waals surface area contributed by atoms with Crippen molar-refractivity contribution < 1.29 is 4.74 Å². The molecule has 2 aromatic carbocycles. The van der Waals surface area contributed by atoms with E-state index in [0.717, 1.165) is 22.1 Å². The van der Waals surface area contributed by atoms with E-state index in [0.29, 0.717) is 17.3 Å². The van der Waals surface area contributed by atoms with Gasteiger partial charge in [-0.1, -0.05) is 35.9 Å². The molecule has 0 radical (unpaired) electrons. The van der Waals surface area contributed by atoms with Gasteiger partial charge in [0.05, 0.1) is 0 Å². The number of nitrogens with zero attached hydrogens (tertiary/aromatic N) is 2. The summed E-state index contributed by atoms with van der Waals surface area (Å²) in [5.41, 5.74) is 1.29. The molecule has 0 atom stereocenters. The third kappa shape index (κ3) is 2.81. The number of halogens is 1. The molecule has 0 fully saturated rings. The molecule has 3 nitrogen and oxygen atoms in total. The van der Waals surface area contributed by atoms with Crippen molar-refractivity contribution in [2.24, 2.45) is 0 Å². The lowest BCUT2D eigenvalue weighted by atomic mass is 10.1. The van der Waals surface area contributed by atoms with Gasteiger partial charge >= 0.3 is 0 Å². The first-order valence-electron chi connectivity index (χ1n) is 6.43. The molecule has 1 heterocycles. The molecule has 0 aliphatic rings. The van der Waals surface area contributed by atoms with E-state index in [1.165, 1.54) is 0 Å². The van der Waals surface area contributed by atoms with Gasteiger partial charge in [-0.15, -0.1) is 0 Å². The summed E-state index contributed by atoms with van der Waals surface area (Å²) in [5, 5.41) is 11.5. The first-order valence-corrected chi connectivity index (χ1v) is 6.81. The van der Waals surface area contributed by atoms with Crippen molar-refractivity contribution in [3.8, 4) is 11.8 Å². The van der Waals surface area contributed by atoms with Gasteiger partial charge in [0.25, 0.3) is 0 Å². The zero-order valence-electron chi connectivity index (χ0n) is 11.1. The third-order valence-corrected chi connectivity index (χ3v) is 3.49. The highest BCUT2D eigenvalue weighted by Crippen LogP contribution is 2.31. The Morgan fingerprint density at radius 2 is 1.90 bits per heavy atom. The number of nitriles is 1. The van der Waals surface area contributed by atoms with Gasteiger partial charge in [0, 0.05) is 22.0 Å². The lowest BCUT2D eigenvalue weighted by Gasteiger charge is -2.10. The van der Waals surface area contributed by atoms with Crippen molar-refractivity contribution in [2.45, 2.75) is 6.61 Å². The molecule has 0 bridgehead atoms. The van der Waals surface area contributed by atoms with E-state index in [2.05, 4.69) is 4.98 Å². The molecule has 102 valence electrons. The van der Waals surface area contributed by atoms with Crippen LogP contribution in [0.3, 0.4) is 0 Å². The lowest BCUT2D eigenvalue weighted by Crippen LogP contribution is -1.97. The maximum absolute atomic E-state index is 8.85. The molecule has 3 aromatic rings. The summed E-state index contributed by atoms with van der Waals surface area (Å²) >= 11 is 6.19. The highest BCUT2D eigenvalue weighted by molar-refractivity contribution is 6.35. The van der Waals surface area contributed by atoms with Crippen molar-refractivity contribution in [1.82, 2.24) is 4.98 Å².